The van der Waals surface area contributed by atoms with E-state index in [-0.39, 0.29) is 12.5 Å². The molecule has 84 valence electrons. The monoisotopic (exact) mass is 202 g/mol. The van der Waals surface area contributed by atoms with Gasteiger partial charge >= 0.3 is 0 Å². The van der Waals surface area contributed by atoms with E-state index in [9.17, 15) is 4.79 Å². The Kier molecular flexibility index (Phi) is 8.57. The van der Waals surface area contributed by atoms with E-state index in [0.29, 0.717) is 19.2 Å². The molecule has 0 radical (unpaired) electrons. The summed E-state index contributed by atoms with van der Waals surface area (Å²) in [4.78, 5) is 10.9. The van der Waals surface area contributed by atoms with Gasteiger partial charge in [-0.2, -0.15) is 0 Å². The first-order valence-electron chi connectivity index (χ1n) is 5.24. The normalized spacial score (nSPS) is 10.6. The van der Waals surface area contributed by atoms with E-state index >= 15 is 0 Å². The van der Waals surface area contributed by atoms with E-state index in [0.717, 1.165) is 13.0 Å². The lowest BCUT2D eigenvalue weighted by atomic mass is 10.3. The average Bonchev–Trinajstić information content (AvgIpc) is 2.11. The summed E-state index contributed by atoms with van der Waals surface area (Å²) in [5, 5.41) is 5.95. The fourth-order valence-electron chi connectivity index (χ4n) is 0.978. The number of nitrogens with one attached hydrogen (secondary N) is 2. The second-order valence-corrected chi connectivity index (χ2v) is 3.47. The van der Waals surface area contributed by atoms with Crippen molar-refractivity contribution in [3.63, 3.8) is 0 Å². The number of ether oxygens (including phenoxy) is 1. The minimum absolute atomic E-state index is 0.0377. The lowest BCUT2D eigenvalue weighted by Gasteiger charge is -2.08. The highest BCUT2D eigenvalue weighted by atomic mass is 16.5. The lowest BCUT2D eigenvalue weighted by molar-refractivity contribution is -0.125. The number of rotatable bonds is 8. The second-order valence-electron chi connectivity index (χ2n) is 3.47. The minimum atomic E-state index is -0.0377. The first-order valence-corrected chi connectivity index (χ1v) is 5.24. The predicted octanol–water partition coefficient (Wildman–Crippen LogP) is 0.527. The van der Waals surface area contributed by atoms with Crippen molar-refractivity contribution >= 4 is 5.91 Å². The maximum Gasteiger partial charge on any atom is 0.245 e. The molecule has 0 unspecified atom stereocenters. The summed E-state index contributed by atoms with van der Waals surface area (Å²) in [7, 11) is 0. The molecule has 0 aliphatic rings. The molecule has 0 heterocycles. The van der Waals surface area contributed by atoms with E-state index in [2.05, 4.69) is 24.5 Å². The smallest absolute Gasteiger partial charge is 0.245 e. The molecule has 0 aliphatic heterocycles. The van der Waals surface area contributed by atoms with Crippen LogP contribution in [-0.2, 0) is 9.53 Å². The molecule has 1 amide bonds. The average molecular weight is 202 g/mol. The number of carbonyl (C=O) groups excluding carboxylic acids is 1. The lowest BCUT2D eigenvalue weighted by Crippen LogP contribution is -2.28. The number of hydrogen-bond acceptors (Lipinski definition) is 3. The SMILES string of the molecule is CCNC(=O)COCCCNC(C)C. The van der Waals surface area contributed by atoms with Gasteiger partial charge in [-0.3, -0.25) is 4.79 Å². The molecule has 4 nitrogen and oxygen atoms in total. The van der Waals surface area contributed by atoms with Gasteiger partial charge in [0.25, 0.3) is 0 Å². The van der Waals surface area contributed by atoms with Gasteiger partial charge in [0.15, 0.2) is 0 Å². The van der Waals surface area contributed by atoms with Crippen molar-refractivity contribution in [3.8, 4) is 0 Å². The molecule has 0 saturated heterocycles. The Balaban J connectivity index is 3.09. The minimum Gasteiger partial charge on any atom is -0.372 e. The summed E-state index contributed by atoms with van der Waals surface area (Å²) in [6.45, 7) is 8.52. The Morgan fingerprint density at radius 2 is 2.14 bits per heavy atom. The van der Waals surface area contributed by atoms with Crippen LogP contribution >= 0.6 is 0 Å². The zero-order chi connectivity index (χ0) is 10.8. The van der Waals surface area contributed by atoms with Gasteiger partial charge in [0.1, 0.15) is 6.61 Å². The van der Waals surface area contributed by atoms with Gasteiger partial charge in [-0.15, -0.1) is 0 Å². The molecule has 0 bridgehead atoms. The van der Waals surface area contributed by atoms with Gasteiger partial charge in [0.2, 0.25) is 5.91 Å². The zero-order valence-corrected chi connectivity index (χ0v) is 9.43. The Bertz CT molecular complexity index is 149. The maximum atomic E-state index is 10.9. The highest BCUT2D eigenvalue weighted by molar-refractivity contribution is 5.77. The highest BCUT2D eigenvalue weighted by Crippen LogP contribution is 1.83. The van der Waals surface area contributed by atoms with Gasteiger partial charge in [0, 0.05) is 19.2 Å². The van der Waals surface area contributed by atoms with Gasteiger partial charge in [-0.05, 0) is 19.9 Å². The van der Waals surface area contributed by atoms with Crippen LogP contribution in [0.4, 0.5) is 0 Å². The molecular weight excluding hydrogens is 180 g/mol. The number of carbonyl (C=O) groups is 1. The first kappa shape index (κ1) is 13.4. The van der Waals surface area contributed by atoms with Crippen LogP contribution in [0.15, 0.2) is 0 Å². The molecule has 0 aromatic rings. The number of likely N-dealkylation sites (N-methyl/N-ethyl adjacent to an activating group) is 1. The molecule has 0 spiro atoms. The van der Waals surface area contributed by atoms with E-state index in [1.807, 2.05) is 6.92 Å². The molecule has 0 aliphatic carbocycles. The van der Waals surface area contributed by atoms with Gasteiger partial charge in [-0.1, -0.05) is 13.8 Å². The van der Waals surface area contributed by atoms with Crippen molar-refractivity contribution in [2.45, 2.75) is 33.2 Å². The Morgan fingerprint density at radius 3 is 2.71 bits per heavy atom. The molecule has 14 heavy (non-hydrogen) atoms. The predicted molar refractivity (Wildman–Crippen MR) is 57.3 cm³/mol. The van der Waals surface area contributed by atoms with Crippen LogP contribution in [0.25, 0.3) is 0 Å². The number of hydrogen-bond donors (Lipinski definition) is 2. The standard InChI is InChI=1S/C10H22N2O2/c1-4-11-10(13)8-14-7-5-6-12-9(2)3/h9,12H,4-8H2,1-3H3,(H,11,13). The molecule has 0 aromatic heterocycles. The van der Waals surface area contributed by atoms with E-state index in [1.165, 1.54) is 0 Å². The fourth-order valence-corrected chi connectivity index (χ4v) is 0.978. The molecule has 0 atom stereocenters. The summed E-state index contributed by atoms with van der Waals surface area (Å²) >= 11 is 0. The van der Waals surface area contributed by atoms with Crippen molar-refractivity contribution in [2.75, 3.05) is 26.3 Å². The third-order valence-electron chi connectivity index (χ3n) is 1.63. The van der Waals surface area contributed by atoms with E-state index in [4.69, 9.17) is 4.74 Å². The van der Waals surface area contributed by atoms with Crippen molar-refractivity contribution < 1.29 is 9.53 Å². The van der Waals surface area contributed by atoms with Crippen LogP contribution in [0.1, 0.15) is 27.2 Å². The van der Waals surface area contributed by atoms with Gasteiger partial charge in [-0.25, -0.2) is 0 Å². The third kappa shape index (κ3) is 9.48. The molecule has 0 fully saturated rings. The zero-order valence-electron chi connectivity index (χ0n) is 9.43. The highest BCUT2D eigenvalue weighted by Gasteiger charge is 1.98. The summed E-state index contributed by atoms with van der Waals surface area (Å²) in [5.41, 5.74) is 0. The van der Waals surface area contributed by atoms with Crippen LogP contribution in [0, 0.1) is 0 Å². The largest absolute Gasteiger partial charge is 0.372 e. The van der Waals surface area contributed by atoms with Gasteiger partial charge < -0.3 is 15.4 Å². The first-order chi connectivity index (χ1) is 6.66. The third-order valence-corrected chi connectivity index (χ3v) is 1.63. The second kappa shape index (κ2) is 8.97. The van der Waals surface area contributed by atoms with E-state index in [1.54, 1.807) is 0 Å². The summed E-state index contributed by atoms with van der Waals surface area (Å²) < 4.78 is 5.18. The molecule has 0 saturated carbocycles. The van der Waals surface area contributed by atoms with Crippen molar-refractivity contribution in [2.24, 2.45) is 0 Å². The molecular formula is C10H22N2O2. The quantitative estimate of drug-likeness (QED) is 0.564. The van der Waals surface area contributed by atoms with Crippen LogP contribution < -0.4 is 10.6 Å². The molecule has 0 aromatic carbocycles. The van der Waals surface area contributed by atoms with E-state index < -0.39 is 0 Å². The van der Waals surface area contributed by atoms with Crippen molar-refractivity contribution in [1.29, 1.82) is 0 Å². The van der Waals surface area contributed by atoms with Crippen molar-refractivity contribution in [1.82, 2.24) is 10.6 Å². The van der Waals surface area contributed by atoms with Crippen molar-refractivity contribution in [3.05, 3.63) is 0 Å². The molecule has 0 rings (SSSR count). The molecule has 2 N–H and O–H groups in total. The summed E-state index contributed by atoms with van der Waals surface area (Å²) in [5.74, 6) is -0.0377. The fraction of sp³-hybridized carbons (Fsp3) is 0.900. The molecule has 4 heteroatoms. The maximum absolute atomic E-state index is 10.9. The van der Waals surface area contributed by atoms with Crippen LogP contribution in [0.3, 0.4) is 0 Å². The van der Waals surface area contributed by atoms with Crippen LogP contribution in [0.2, 0.25) is 0 Å². The number of amides is 1. The van der Waals surface area contributed by atoms with Gasteiger partial charge in [0.05, 0.1) is 0 Å². The Morgan fingerprint density at radius 1 is 1.43 bits per heavy atom. The topological polar surface area (TPSA) is 50.4 Å². The Hall–Kier alpha value is -0.610. The summed E-state index contributed by atoms with van der Waals surface area (Å²) in [6.07, 6.45) is 0.942. The van der Waals surface area contributed by atoms with Crippen LogP contribution in [0.5, 0.6) is 0 Å². The van der Waals surface area contributed by atoms with Crippen LogP contribution in [-0.4, -0.2) is 38.3 Å². The summed E-state index contributed by atoms with van der Waals surface area (Å²) in [6, 6.07) is 0.512. The Labute approximate surface area is 86.4 Å².